The average Bonchev–Trinajstić information content (AvgIpc) is 2.66. The smallest absolute Gasteiger partial charge is 0.407 e. The first-order valence-electron chi connectivity index (χ1n) is 8.13. The van der Waals surface area contributed by atoms with Crippen molar-refractivity contribution in [2.24, 2.45) is 11.5 Å². The van der Waals surface area contributed by atoms with Crippen molar-refractivity contribution in [3.05, 3.63) is 71.8 Å². The number of alkyl carbamates (subject to hydrolysis) is 1. The number of hydrogen-bond donors (Lipinski definition) is 4. The van der Waals surface area contributed by atoms with Gasteiger partial charge in [-0.1, -0.05) is 60.7 Å². The van der Waals surface area contributed by atoms with Crippen LogP contribution in [0.4, 0.5) is 4.79 Å². The number of carboxylic acid groups (broad SMARTS) is 1. The number of ether oxygens (including phenoxy) is 1. The van der Waals surface area contributed by atoms with E-state index in [1.165, 1.54) is 0 Å². The molecule has 8 nitrogen and oxygen atoms in total. The summed E-state index contributed by atoms with van der Waals surface area (Å²) < 4.78 is 4.77. The molecule has 0 heterocycles. The van der Waals surface area contributed by atoms with Gasteiger partial charge in [0, 0.05) is 0 Å². The molecule has 144 valence electrons. The summed E-state index contributed by atoms with van der Waals surface area (Å²) in [7, 11) is 0. The number of hydrogen-bond acceptors (Lipinski definition) is 5. The maximum atomic E-state index is 10.9. The van der Waals surface area contributed by atoms with Gasteiger partial charge in [-0.3, -0.25) is 9.59 Å². The van der Waals surface area contributed by atoms with E-state index in [-0.39, 0.29) is 6.61 Å². The van der Waals surface area contributed by atoms with Gasteiger partial charge in [0.25, 0.3) is 0 Å². The summed E-state index contributed by atoms with van der Waals surface area (Å²) in [6.07, 6.45) is -0.225. The van der Waals surface area contributed by atoms with Crippen molar-refractivity contribution in [1.82, 2.24) is 5.32 Å². The number of carbonyl (C=O) groups is 3. The van der Waals surface area contributed by atoms with Crippen LogP contribution in [0.5, 0.6) is 0 Å². The number of primary amides is 1. The quantitative estimate of drug-likeness (QED) is 0.570. The van der Waals surface area contributed by atoms with Crippen molar-refractivity contribution in [1.29, 1.82) is 0 Å². The predicted octanol–water partition coefficient (Wildman–Crippen LogP) is 1.04. The van der Waals surface area contributed by atoms with E-state index in [0.717, 1.165) is 11.1 Å². The van der Waals surface area contributed by atoms with E-state index in [1.807, 2.05) is 60.7 Å². The van der Waals surface area contributed by atoms with Crippen molar-refractivity contribution in [3.8, 4) is 0 Å². The summed E-state index contributed by atoms with van der Waals surface area (Å²) in [4.78, 5) is 31.6. The van der Waals surface area contributed by atoms with Crippen molar-refractivity contribution in [2.45, 2.75) is 19.1 Å². The number of rotatable bonds is 7. The van der Waals surface area contributed by atoms with Crippen LogP contribution in [-0.2, 0) is 27.4 Å². The fourth-order valence-electron chi connectivity index (χ4n) is 1.89. The minimum absolute atomic E-state index is 0.131. The molecule has 0 bridgehead atoms. The monoisotopic (exact) mass is 373 g/mol. The Bertz CT molecular complexity index is 723. The van der Waals surface area contributed by atoms with Crippen LogP contribution in [0.1, 0.15) is 11.1 Å². The Labute approximate surface area is 157 Å². The molecule has 0 aromatic heterocycles. The third kappa shape index (κ3) is 10.3. The lowest BCUT2D eigenvalue weighted by Crippen LogP contribution is -2.38. The molecule has 1 atom stereocenters. The number of benzene rings is 2. The summed E-state index contributed by atoms with van der Waals surface area (Å²) in [6, 6.07) is 18.1. The van der Waals surface area contributed by atoms with E-state index >= 15 is 0 Å². The van der Waals surface area contributed by atoms with E-state index in [9.17, 15) is 14.4 Å². The zero-order valence-electron chi connectivity index (χ0n) is 14.7. The van der Waals surface area contributed by atoms with Gasteiger partial charge in [0.2, 0.25) is 5.91 Å². The second-order valence-electron chi connectivity index (χ2n) is 5.51. The molecule has 0 spiro atoms. The van der Waals surface area contributed by atoms with E-state index in [1.54, 1.807) is 0 Å². The highest BCUT2D eigenvalue weighted by Crippen LogP contribution is 2.01. The SMILES string of the molecule is NC(=O)[C@@H](N)Cc1ccccc1.O=C(O)CNC(=O)OCc1ccccc1. The van der Waals surface area contributed by atoms with Gasteiger partial charge >= 0.3 is 12.1 Å². The zero-order valence-corrected chi connectivity index (χ0v) is 14.7. The van der Waals surface area contributed by atoms with Crippen molar-refractivity contribution in [3.63, 3.8) is 0 Å². The Morgan fingerprint density at radius 1 is 0.963 bits per heavy atom. The Kier molecular flexibility index (Phi) is 9.66. The first-order valence-corrected chi connectivity index (χ1v) is 8.13. The largest absolute Gasteiger partial charge is 0.480 e. The summed E-state index contributed by atoms with van der Waals surface area (Å²) in [5, 5.41) is 10.4. The maximum Gasteiger partial charge on any atom is 0.407 e. The van der Waals surface area contributed by atoms with Crippen molar-refractivity contribution in [2.75, 3.05) is 6.54 Å². The molecule has 0 unspecified atom stereocenters. The average molecular weight is 373 g/mol. The van der Waals surface area contributed by atoms with Gasteiger partial charge in [0.15, 0.2) is 0 Å². The maximum absolute atomic E-state index is 10.9. The van der Waals surface area contributed by atoms with Crippen LogP contribution in [0.25, 0.3) is 0 Å². The van der Waals surface area contributed by atoms with Crippen LogP contribution in [0, 0.1) is 0 Å². The summed E-state index contributed by atoms with van der Waals surface area (Å²) >= 11 is 0. The molecular formula is C19H23N3O5. The van der Waals surface area contributed by atoms with Gasteiger partial charge in [-0.15, -0.1) is 0 Å². The molecular weight excluding hydrogens is 350 g/mol. The molecule has 2 aromatic rings. The fraction of sp³-hybridized carbons (Fsp3) is 0.211. The molecule has 0 saturated carbocycles. The van der Waals surface area contributed by atoms with Crippen LogP contribution >= 0.6 is 0 Å². The van der Waals surface area contributed by atoms with Gasteiger partial charge in [0.05, 0.1) is 6.04 Å². The second-order valence-corrected chi connectivity index (χ2v) is 5.51. The number of amides is 2. The molecule has 27 heavy (non-hydrogen) atoms. The molecule has 6 N–H and O–H groups in total. The van der Waals surface area contributed by atoms with Crippen LogP contribution in [0.3, 0.4) is 0 Å². The van der Waals surface area contributed by atoms with Crippen molar-refractivity contribution >= 4 is 18.0 Å². The second kappa shape index (κ2) is 12.0. The standard InChI is InChI=1S/C10H11NO4.C9H12N2O/c12-9(13)6-11-10(14)15-7-8-4-2-1-3-5-8;10-8(9(11)12)6-7-4-2-1-3-5-7/h1-5H,6-7H2,(H,11,14)(H,12,13);1-5,8H,6,10H2,(H2,11,12)/t;8-/m.0/s1. The van der Waals surface area contributed by atoms with Gasteiger partial charge in [-0.05, 0) is 17.5 Å². The van der Waals surface area contributed by atoms with Gasteiger partial charge in [-0.2, -0.15) is 0 Å². The normalized spacial score (nSPS) is 10.7. The summed E-state index contributed by atoms with van der Waals surface area (Å²) in [5.41, 5.74) is 12.4. The van der Waals surface area contributed by atoms with Gasteiger partial charge in [0.1, 0.15) is 13.2 Å². The Hall–Kier alpha value is -3.39. The molecule has 2 amide bonds. The summed E-state index contributed by atoms with van der Waals surface area (Å²) in [6.45, 7) is -0.306. The number of aliphatic carboxylic acids is 1. The van der Waals surface area contributed by atoms with E-state index < -0.39 is 30.6 Å². The highest BCUT2D eigenvalue weighted by Gasteiger charge is 2.08. The Morgan fingerprint density at radius 2 is 1.48 bits per heavy atom. The zero-order chi connectivity index (χ0) is 20.1. The Balaban J connectivity index is 0.000000277. The van der Waals surface area contributed by atoms with Crippen LogP contribution in [0.15, 0.2) is 60.7 Å². The van der Waals surface area contributed by atoms with E-state index in [4.69, 9.17) is 21.3 Å². The third-order valence-electron chi connectivity index (χ3n) is 3.26. The number of carbonyl (C=O) groups excluding carboxylic acids is 2. The molecule has 2 aromatic carbocycles. The molecule has 0 aliphatic rings. The summed E-state index contributed by atoms with van der Waals surface area (Å²) in [5.74, 6) is -1.56. The Morgan fingerprint density at radius 3 is 1.96 bits per heavy atom. The topological polar surface area (TPSA) is 145 Å². The van der Waals surface area contributed by atoms with Gasteiger partial charge in [-0.25, -0.2) is 4.79 Å². The van der Waals surface area contributed by atoms with Crippen LogP contribution in [0.2, 0.25) is 0 Å². The first kappa shape index (κ1) is 21.7. The number of carboxylic acids is 1. The van der Waals surface area contributed by atoms with Gasteiger partial charge < -0.3 is 26.6 Å². The predicted molar refractivity (Wildman–Crippen MR) is 99.6 cm³/mol. The van der Waals surface area contributed by atoms with E-state index in [2.05, 4.69) is 5.32 Å². The van der Waals surface area contributed by atoms with Crippen LogP contribution < -0.4 is 16.8 Å². The lowest BCUT2D eigenvalue weighted by atomic mass is 10.1. The highest BCUT2D eigenvalue weighted by molar-refractivity contribution is 5.79. The lowest BCUT2D eigenvalue weighted by Gasteiger charge is -2.06. The molecule has 0 fully saturated rings. The molecule has 8 heteroatoms. The van der Waals surface area contributed by atoms with E-state index in [0.29, 0.717) is 6.42 Å². The number of nitrogens with one attached hydrogen (secondary N) is 1. The first-order chi connectivity index (χ1) is 12.9. The third-order valence-corrected chi connectivity index (χ3v) is 3.26. The number of nitrogens with two attached hydrogens (primary N) is 2. The minimum atomic E-state index is -1.10. The molecule has 0 aliphatic heterocycles. The van der Waals surface area contributed by atoms with Crippen LogP contribution in [-0.4, -0.2) is 35.7 Å². The minimum Gasteiger partial charge on any atom is -0.480 e. The molecule has 0 aliphatic carbocycles. The molecule has 0 saturated heterocycles. The molecule has 2 rings (SSSR count). The lowest BCUT2D eigenvalue weighted by molar-refractivity contribution is -0.135. The van der Waals surface area contributed by atoms with Crippen molar-refractivity contribution < 1.29 is 24.2 Å². The highest BCUT2D eigenvalue weighted by atomic mass is 16.5. The fourth-order valence-corrected chi connectivity index (χ4v) is 1.89. The molecule has 0 radical (unpaired) electrons.